The number of carbonyl (C=O) groups excluding carboxylic acids is 2. The van der Waals surface area contributed by atoms with Crippen molar-refractivity contribution in [2.24, 2.45) is 0 Å². The van der Waals surface area contributed by atoms with Crippen molar-refractivity contribution < 1.29 is 24.2 Å². The van der Waals surface area contributed by atoms with Crippen LogP contribution in [0.3, 0.4) is 0 Å². The van der Waals surface area contributed by atoms with E-state index in [2.05, 4.69) is 5.32 Å². The standard InChI is InChI=1S/C16H17NO5S/c1-2-22-16(21)4-3-11-23-13-7-5-12(6-8-13)17-14(18)9-10-15(19)20/h3-10H,2,11H2,1H3,(H,17,18)(H,19,20)/b4-3+,10-9+. The van der Waals surface area contributed by atoms with E-state index in [4.69, 9.17) is 9.84 Å². The van der Waals surface area contributed by atoms with Gasteiger partial charge < -0.3 is 15.2 Å². The Kier molecular flexibility index (Phi) is 8.23. The lowest BCUT2D eigenvalue weighted by atomic mass is 10.3. The first-order valence-electron chi connectivity index (χ1n) is 6.79. The molecule has 2 N–H and O–H groups in total. The van der Waals surface area contributed by atoms with Crippen LogP contribution >= 0.6 is 11.8 Å². The van der Waals surface area contributed by atoms with Crippen LogP contribution in [0, 0.1) is 0 Å². The average Bonchev–Trinajstić information content (AvgIpc) is 2.51. The molecule has 0 fully saturated rings. The maximum atomic E-state index is 11.4. The molecular formula is C16H17NO5S. The van der Waals surface area contributed by atoms with Crippen molar-refractivity contribution >= 4 is 35.3 Å². The number of aliphatic carboxylic acids is 1. The summed E-state index contributed by atoms with van der Waals surface area (Å²) in [6, 6.07) is 7.06. The van der Waals surface area contributed by atoms with Gasteiger partial charge in [0.25, 0.3) is 0 Å². The molecule has 1 amide bonds. The number of amides is 1. The van der Waals surface area contributed by atoms with Gasteiger partial charge in [0.05, 0.1) is 6.61 Å². The molecule has 0 saturated heterocycles. The van der Waals surface area contributed by atoms with E-state index in [-0.39, 0.29) is 5.97 Å². The van der Waals surface area contributed by atoms with Crippen molar-refractivity contribution in [2.45, 2.75) is 11.8 Å². The van der Waals surface area contributed by atoms with Gasteiger partial charge in [-0.15, -0.1) is 11.8 Å². The third kappa shape index (κ3) is 8.47. The van der Waals surface area contributed by atoms with Gasteiger partial charge in [0.15, 0.2) is 0 Å². The molecule has 0 saturated carbocycles. The first-order valence-corrected chi connectivity index (χ1v) is 7.78. The molecule has 7 heteroatoms. The summed E-state index contributed by atoms with van der Waals surface area (Å²) in [5.41, 5.74) is 0.566. The van der Waals surface area contributed by atoms with Crippen LogP contribution < -0.4 is 5.32 Å². The molecule has 0 unspecified atom stereocenters. The Labute approximate surface area is 138 Å². The van der Waals surface area contributed by atoms with E-state index in [0.29, 0.717) is 18.0 Å². The summed E-state index contributed by atoms with van der Waals surface area (Å²) >= 11 is 1.52. The largest absolute Gasteiger partial charge is 0.478 e. The Morgan fingerprint density at radius 3 is 2.48 bits per heavy atom. The fourth-order valence-corrected chi connectivity index (χ4v) is 2.16. The van der Waals surface area contributed by atoms with Crippen molar-refractivity contribution in [2.75, 3.05) is 17.7 Å². The quantitative estimate of drug-likeness (QED) is 0.431. The highest BCUT2D eigenvalue weighted by Crippen LogP contribution is 2.20. The topological polar surface area (TPSA) is 92.7 Å². The summed E-state index contributed by atoms with van der Waals surface area (Å²) in [7, 11) is 0. The number of hydrogen-bond donors (Lipinski definition) is 2. The van der Waals surface area contributed by atoms with Gasteiger partial charge in [-0.3, -0.25) is 4.79 Å². The van der Waals surface area contributed by atoms with Crippen LogP contribution in [0.4, 0.5) is 5.69 Å². The maximum absolute atomic E-state index is 11.4. The van der Waals surface area contributed by atoms with E-state index >= 15 is 0 Å². The van der Waals surface area contributed by atoms with Crippen molar-refractivity contribution in [3.8, 4) is 0 Å². The van der Waals surface area contributed by atoms with E-state index in [9.17, 15) is 14.4 Å². The van der Waals surface area contributed by atoms with E-state index in [0.717, 1.165) is 17.0 Å². The molecule has 0 aliphatic carbocycles. The number of anilines is 1. The monoisotopic (exact) mass is 335 g/mol. The summed E-state index contributed by atoms with van der Waals surface area (Å²) in [4.78, 5) is 33.8. The Bertz CT molecular complexity index is 607. The molecule has 0 aliphatic rings. The zero-order chi connectivity index (χ0) is 17.1. The zero-order valence-electron chi connectivity index (χ0n) is 12.5. The van der Waals surface area contributed by atoms with Gasteiger partial charge in [0.2, 0.25) is 5.91 Å². The number of carboxylic acid groups (broad SMARTS) is 1. The number of thioether (sulfide) groups is 1. The molecule has 0 aromatic heterocycles. The fraction of sp³-hybridized carbons (Fsp3) is 0.188. The van der Waals surface area contributed by atoms with Gasteiger partial charge >= 0.3 is 11.9 Å². The van der Waals surface area contributed by atoms with Gasteiger partial charge in [-0.25, -0.2) is 9.59 Å². The molecule has 122 valence electrons. The summed E-state index contributed by atoms with van der Waals surface area (Å²) in [6.07, 6.45) is 4.83. The van der Waals surface area contributed by atoms with Gasteiger partial charge in [0.1, 0.15) is 0 Å². The normalized spacial score (nSPS) is 10.8. The van der Waals surface area contributed by atoms with Crippen molar-refractivity contribution in [3.63, 3.8) is 0 Å². The highest BCUT2D eigenvalue weighted by Gasteiger charge is 2.00. The van der Waals surface area contributed by atoms with Gasteiger partial charge in [-0.05, 0) is 31.2 Å². The lowest BCUT2D eigenvalue weighted by Gasteiger charge is -2.03. The highest BCUT2D eigenvalue weighted by atomic mass is 32.2. The number of ether oxygens (including phenoxy) is 1. The number of hydrogen-bond acceptors (Lipinski definition) is 5. The SMILES string of the molecule is CCOC(=O)/C=C/CSc1ccc(NC(=O)/C=C/C(=O)O)cc1. The minimum Gasteiger partial charge on any atom is -0.478 e. The molecule has 23 heavy (non-hydrogen) atoms. The molecule has 0 spiro atoms. The molecule has 0 bridgehead atoms. The van der Waals surface area contributed by atoms with Crippen molar-refractivity contribution in [3.05, 3.63) is 48.6 Å². The van der Waals surface area contributed by atoms with Crippen molar-refractivity contribution in [1.29, 1.82) is 0 Å². The van der Waals surface area contributed by atoms with E-state index in [1.165, 1.54) is 17.8 Å². The smallest absolute Gasteiger partial charge is 0.330 e. The van der Waals surface area contributed by atoms with Gasteiger partial charge in [-0.2, -0.15) is 0 Å². The molecule has 0 aliphatic heterocycles. The van der Waals surface area contributed by atoms with Gasteiger partial charge in [-0.1, -0.05) is 6.08 Å². The molecular weight excluding hydrogens is 318 g/mol. The predicted octanol–water partition coefficient (Wildman–Crippen LogP) is 2.48. The molecule has 1 aromatic rings. The van der Waals surface area contributed by atoms with Crippen LogP contribution in [0.5, 0.6) is 0 Å². The first-order chi connectivity index (χ1) is 11.0. The number of esters is 1. The van der Waals surface area contributed by atoms with E-state index < -0.39 is 11.9 Å². The second-order valence-electron chi connectivity index (χ2n) is 4.15. The average molecular weight is 335 g/mol. The summed E-state index contributed by atoms with van der Waals surface area (Å²) in [5, 5.41) is 11.0. The molecule has 0 atom stereocenters. The molecule has 6 nitrogen and oxygen atoms in total. The second kappa shape index (κ2) is 10.2. The first kappa shape index (κ1) is 18.5. The van der Waals surface area contributed by atoms with Crippen LogP contribution in [-0.4, -0.2) is 35.3 Å². The Morgan fingerprint density at radius 2 is 1.87 bits per heavy atom. The van der Waals surface area contributed by atoms with Crippen LogP contribution in [0.2, 0.25) is 0 Å². The third-order valence-electron chi connectivity index (χ3n) is 2.39. The fourth-order valence-electron chi connectivity index (χ4n) is 1.44. The zero-order valence-corrected chi connectivity index (χ0v) is 13.3. The molecule has 1 aromatic carbocycles. The number of benzene rings is 1. The maximum Gasteiger partial charge on any atom is 0.330 e. The second-order valence-corrected chi connectivity index (χ2v) is 5.24. The summed E-state index contributed by atoms with van der Waals surface area (Å²) in [6.45, 7) is 2.10. The van der Waals surface area contributed by atoms with Gasteiger partial charge in [0, 0.05) is 34.6 Å². The number of carbonyl (C=O) groups is 3. The molecule has 0 radical (unpaired) electrons. The Morgan fingerprint density at radius 1 is 1.17 bits per heavy atom. The molecule has 0 heterocycles. The van der Waals surface area contributed by atoms with Crippen LogP contribution in [-0.2, 0) is 19.1 Å². The van der Waals surface area contributed by atoms with Crippen LogP contribution in [0.15, 0.2) is 53.5 Å². The minimum absolute atomic E-state index is 0.352. The third-order valence-corrected chi connectivity index (χ3v) is 3.35. The van der Waals surface area contributed by atoms with Crippen LogP contribution in [0.1, 0.15) is 6.92 Å². The summed E-state index contributed by atoms with van der Waals surface area (Å²) in [5.74, 6) is -1.43. The molecule has 1 rings (SSSR count). The Balaban J connectivity index is 2.43. The lowest BCUT2D eigenvalue weighted by molar-refractivity contribution is -0.137. The lowest BCUT2D eigenvalue weighted by Crippen LogP contribution is -2.08. The van der Waals surface area contributed by atoms with Crippen molar-refractivity contribution in [1.82, 2.24) is 0 Å². The van der Waals surface area contributed by atoms with Crippen LogP contribution in [0.25, 0.3) is 0 Å². The number of carboxylic acids is 1. The highest BCUT2D eigenvalue weighted by molar-refractivity contribution is 7.99. The Hall–Kier alpha value is -2.54. The predicted molar refractivity (Wildman–Crippen MR) is 88.3 cm³/mol. The van der Waals surface area contributed by atoms with E-state index in [1.54, 1.807) is 25.1 Å². The summed E-state index contributed by atoms with van der Waals surface area (Å²) < 4.78 is 4.76. The van der Waals surface area contributed by atoms with E-state index in [1.807, 2.05) is 12.1 Å². The minimum atomic E-state index is -1.18. The number of rotatable bonds is 8. The number of nitrogens with one attached hydrogen (secondary N) is 1.